The van der Waals surface area contributed by atoms with Crippen molar-refractivity contribution in [1.82, 2.24) is 14.7 Å². The summed E-state index contributed by atoms with van der Waals surface area (Å²) in [7, 11) is 1.55. The molecule has 2 heterocycles. The zero-order valence-electron chi connectivity index (χ0n) is 15.5. The van der Waals surface area contributed by atoms with Gasteiger partial charge in [-0.3, -0.25) is 9.20 Å². The molecular formula is C19H17ClF3N3O3. The summed E-state index contributed by atoms with van der Waals surface area (Å²) in [5, 5.41) is 2.42. The molecule has 0 spiro atoms. The van der Waals surface area contributed by atoms with E-state index in [9.17, 15) is 18.0 Å². The Hall–Kier alpha value is -2.94. The first-order chi connectivity index (χ1) is 13.7. The number of carbonyl (C=O) groups excluding carboxylic acids is 1. The molecule has 2 aromatic heterocycles. The summed E-state index contributed by atoms with van der Waals surface area (Å²) in [6.07, 6.45) is -3.79. The van der Waals surface area contributed by atoms with Crippen molar-refractivity contribution in [2.45, 2.75) is 13.1 Å². The van der Waals surface area contributed by atoms with Gasteiger partial charge >= 0.3 is 6.18 Å². The second kappa shape index (κ2) is 8.20. The third-order valence-electron chi connectivity index (χ3n) is 4.11. The van der Waals surface area contributed by atoms with Crippen molar-refractivity contribution in [3.05, 3.63) is 58.5 Å². The lowest BCUT2D eigenvalue weighted by Crippen LogP contribution is -2.29. The van der Waals surface area contributed by atoms with E-state index >= 15 is 0 Å². The van der Waals surface area contributed by atoms with Crippen LogP contribution in [0.4, 0.5) is 13.2 Å². The molecule has 0 saturated heterocycles. The predicted molar refractivity (Wildman–Crippen MR) is 101 cm³/mol. The van der Waals surface area contributed by atoms with Crippen molar-refractivity contribution in [1.29, 1.82) is 0 Å². The van der Waals surface area contributed by atoms with Crippen LogP contribution in [0.25, 0.3) is 5.65 Å². The molecule has 0 radical (unpaired) electrons. The first-order valence-corrected chi connectivity index (χ1v) is 8.89. The molecule has 29 heavy (non-hydrogen) atoms. The van der Waals surface area contributed by atoms with Crippen LogP contribution >= 0.6 is 11.6 Å². The Balaban J connectivity index is 1.71. The van der Waals surface area contributed by atoms with Gasteiger partial charge in [0.25, 0.3) is 5.91 Å². The normalized spacial score (nSPS) is 11.5. The van der Waals surface area contributed by atoms with E-state index in [2.05, 4.69) is 10.3 Å². The summed E-state index contributed by atoms with van der Waals surface area (Å²) < 4.78 is 50.8. The maximum atomic E-state index is 13.1. The van der Waals surface area contributed by atoms with Gasteiger partial charge in [-0.1, -0.05) is 11.6 Å². The zero-order valence-corrected chi connectivity index (χ0v) is 16.3. The fraction of sp³-hybridized carbons (Fsp3) is 0.263. The fourth-order valence-corrected chi connectivity index (χ4v) is 2.99. The maximum absolute atomic E-state index is 13.1. The fourth-order valence-electron chi connectivity index (χ4n) is 2.74. The van der Waals surface area contributed by atoms with Gasteiger partial charge < -0.3 is 14.8 Å². The number of alkyl halides is 3. The number of rotatable bonds is 6. The standard InChI is InChI=1S/C19H17ClF3N3O3/c1-11-16(26-10-12(19(21,22)23)9-15(20)17(26)25-11)18(27)24-7-8-29-14-5-3-13(28-2)4-6-14/h3-6,9-10H,7-8H2,1-2H3,(H,24,27). The monoisotopic (exact) mass is 427 g/mol. The van der Waals surface area contributed by atoms with Crippen LogP contribution in [0, 0.1) is 6.92 Å². The molecule has 1 N–H and O–H groups in total. The number of nitrogens with zero attached hydrogens (tertiary/aromatic N) is 2. The minimum Gasteiger partial charge on any atom is -0.497 e. The molecule has 0 saturated carbocycles. The molecule has 0 atom stereocenters. The number of aromatic nitrogens is 2. The average Bonchev–Trinajstić information content (AvgIpc) is 3.01. The van der Waals surface area contributed by atoms with E-state index in [0.29, 0.717) is 11.5 Å². The molecule has 0 aliphatic rings. The number of fused-ring (bicyclic) bond motifs is 1. The number of methoxy groups -OCH3 is 1. The Kier molecular flexibility index (Phi) is 5.88. The van der Waals surface area contributed by atoms with Gasteiger partial charge in [-0.15, -0.1) is 0 Å². The first kappa shape index (κ1) is 20.8. The van der Waals surface area contributed by atoms with Gasteiger partial charge in [-0.2, -0.15) is 13.2 Å². The van der Waals surface area contributed by atoms with Crippen LogP contribution in [-0.2, 0) is 6.18 Å². The summed E-state index contributed by atoms with van der Waals surface area (Å²) in [6.45, 7) is 1.84. The van der Waals surface area contributed by atoms with Crippen LogP contribution in [0.3, 0.4) is 0 Å². The lowest BCUT2D eigenvalue weighted by molar-refractivity contribution is -0.137. The average molecular weight is 428 g/mol. The third-order valence-corrected chi connectivity index (χ3v) is 4.39. The van der Waals surface area contributed by atoms with Crippen molar-refractivity contribution in [3.63, 3.8) is 0 Å². The number of hydrogen-bond acceptors (Lipinski definition) is 4. The van der Waals surface area contributed by atoms with E-state index in [1.807, 2.05) is 0 Å². The number of carbonyl (C=O) groups is 1. The van der Waals surface area contributed by atoms with Crippen molar-refractivity contribution in [2.24, 2.45) is 0 Å². The minimum atomic E-state index is -4.60. The molecule has 0 fully saturated rings. The molecule has 3 aromatic rings. The molecule has 0 bridgehead atoms. The third kappa shape index (κ3) is 4.56. The number of nitrogens with one attached hydrogen (secondary N) is 1. The Morgan fingerprint density at radius 3 is 2.52 bits per heavy atom. The number of benzene rings is 1. The van der Waals surface area contributed by atoms with Gasteiger partial charge in [0, 0.05) is 6.20 Å². The summed E-state index contributed by atoms with van der Waals surface area (Å²) in [6, 6.07) is 7.69. The number of hydrogen-bond donors (Lipinski definition) is 1. The van der Waals surface area contributed by atoms with E-state index in [-0.39, 0.29) is 35.2 Å². The topological polar surface area (TPSA) is 64.9 Å². The van der Waals surface area contributed by atoms with Gasteiger partial charge in [0.05, 0.1) is 29.9 Å². The highest BCUT2D eigenvalue weighted by atomic mass is 35.5. The number of pyridine rings is 1. The molecule has 0 aliphatic heterocycles. The van der Waals surface area contributed by atoms with Gasteiger partial charge in [0.2, 0.25) is 0 Å². The van der Waals surface area contributed by atoms with Gasteiger partial charge in [0.15, 0.2) is 5.65 Å². The van der Waals surface area contributed by atoms with E-state index in [4.69, 9.17) is 21.1 Å². The number of amides is 1. The molecule has 0 unspecified atom stereocenters. The summed E-state index contributed by atoms with van der Waals surface area (Å²) in [4.78, 5) is 16.6. The number of ether oxygens (including phenoxy) is 2. The van der Waals surface area contributed by atoms with Crippen molar-refractivity contribution < 1.29 is 27.4 Å². The smallest absolute Gasteiger partial charge is 0.417 e. The number of aryl methyl sites for hydroxylation is 1. The molecule has 0 aliphatic carbocycles. The van der Waals surface area contributed by atoms with Crippen molar-refractivity contribution in [3.8, 4) is 11.5 Å². The van der Waals surface area contributed by atoms with E-state index in [0.717, 1.165) is 16.7 Å². The van der Waals surface area contributed by atoms with Crippen molar-refractivity contribution >= 4 is 23.2 Å². The van der Waals surface area contributed by atoms with Crippen molar-refractivity contribution in [2.75, 3.05) is 20.3 Å². The molecular weight excluding hydrogens is 411 g/mol. The van der Waals surface area contributed by atoms with Crippen LogP contribution in [0.5, 0.6) is 11.5 Å². The predicted octanol–water partition coefficient (Wildman–Crippen LogP) is 4.13. The largest absolute Gasteiger partial charge is 0.497 e. The van der Waals surface area contributed by atoms with Gasteiger partial charge in [-0.05, 0) is 37.3 Å². The molecule has 1 amide bonds. The molecule has 6 nitrogen and oxygen atoms in total. The van der Waals surface area contributed by atoms with E-state index in [1.165, 1.54) is 6.92 Å². The molecule has 10 heteroatoms. The van der Waals surface area contributed by atoms with Gasteiger partial charge in [0.1, 0.15) is 23.8 Å². The van der Waals surface area contributed by atoms with E-state index < -0.39 is 17.6 Å². The number of imidazole rings is 1. The quantitative estimate of drug-likeness (QED) is 0.601. The highest BCUT2D eigenvalue weighted by molar-refractivity contribution is 6.33. The summed E-state index contributed by atoms with van der Waals surface area (Å²) in [5.74, 6) is 0.696. The highest BCUT2D eigenvalue weighted by Crippen LogP contribution is 2.33. The SMILES string of the molecule is COc1ccc(OCCNC(=O)c2c(C)nc3c(Cl)cc(C(F)(F)F)cn23)cc1. The van der Waals surface area contributed by atoms with Crippen LogP contribution in [0.2, 0.25) is 5.02 Å². The Labute approximate surface area is 169 Å². The van der Waals surface area contributed by atoms with Gasteiger partial charge in [-0.25, -0.2) is 4.98 Å². The van der Waals surface area contributed by atoms with Crippen LogP contribution in [-0.4, -0.2) is 35.6 Å². The Morgan fingerprint density at radius 1 is 1.24 bits per heavy atom. The van der Waals surface area contributed by atoms with E-state index in [1.54, 1.807) is 31.4 Å². The Bertz CT molecular complexity index is 1030. The lowest BCUT2D eigenvalue weighted by Gasteiger charge is -2.11. The Morgan fingerprint density at radius 2 is 1.90 bits per heavy atom. The van der Waals surface area contributed by atoms with Crippen LogP contribution in [0.15, 0.2) is 36.5 Å². The van der Waals surface area contributed by atoms with Crippen LogP contribution < -0.4 is 14.8 Å². The zero-order chi connectivity index (χ0) is 21.2. The first-order valence-electron chi connectivity index (χ1n) is 8.51. The molecule has 3 rings (SSSR count). The lowest BCUT2D eigenvalue weighted by atomic mass is 10.2. The molecule has 1 aromatic carbocycles. The highest BCUT2D eigenvalue weighted by Gasteiger charge is 2.32. The summed E-state index contributed by atoms with van der Waals surface area (Å²) >= 11 is 5.93. The summed E-state index contributed by atoms with van der Waals surface area (Å²) in [5.41, 5.74) is -0.640. The molecule has 154 valence electrons. The van der Waals surface area contributed by atoms with Crippen LogP contribution in [0.1, 0.15) is 21.7 Å². The number of halogens is 4. The minimum absolute atomic E-state index is 0.0163. The second-order valence-electron chi connectivity index (χ2n) is 6.09. The second-order valence-corrected chi connectivity index (χ2v) is 6.50. The maximum Gasteiger partial charge on any atom is 0.417 e.